The quantitative estimate of drug-likeness (QED) is 0.214. The lowest BCUT2D eigenvalue weighted by molar-refractivity contribution is -0.127. The van der Waals surface area contributed by atoms with Gasteiger partial charge in [0.15, 0.2) is 0 Å². The Labute approximate surface area is 273 Å². The summed E-state index contributed by atoms with van der Waals surface area (Å²) in [5.41, 5.74) is 12.0. The van der Waals surface area contributed by atoms with E-state index in [1.54, 1.807) is 18.3 Å². The number of para-hydroxylation sites is 1. The molecule has 5 aromatic rings. The first-order chi connectivity index (χ1) is 23.0. The van der Waals surface area contributed by atoms with Crippen molar-refractivity contribution in [1.29, 1.82) is 0 Å². The lowest BCUT2D eigenvalue weighted by Crippen LogP contribution is -2.40. The van der Waals surface area contributed by atoms with Crippen LogP contribution in [0.5, 0.6) is 0 Å². The normalized spacial score (nSPS) is 16.9. The van der Waals surface area contributed by atoms with Crippen LogP contribution in [0.4, 0.5) is 11.5 Å². The number of amides is 2. The number of piperidine rings is 1. The Hall–Kier alpha value is -5.29. The number of anilines is 2. The molecule has 2 amide bonds. The third-order valence-electron chi connectivity index (χ3n) is 9.22. The predicted molar refractivity (Wildman–Crippen MR) is 184 cm³/mol. The SMILES string of the molecule is C=CC(=O)N1CCC[C@@H](n2nc(-c3ccc(C(=O)Nc4ccccc4)cc3)c3c(N)ncc(-c4cnn(CCN5CCCC5)c4)c32)C1. The van der Waals surface area contributed by atoms with Crippen molar-refractivity contribution in [2.75, 3.05) is 43.8 Å². The molecule has 240 valence electrons. The molecule has 1 atom stereocenters. The zero-order valence-corrected chi connectivity index (χ0v) is 26.4. The van der Waals surface area contributed by atoms with Crippen molar-refractivity contribution >= 4 is 34.2 Å². The number of carbonyl (C=O) groups excluding carboxylic acids is 2. The molecule has 47 heavy (non-hydrogen) atoms. The van der Waals surface area contributed by atoms with E-state index in [1.807, 2.05) is 62.9 Å². The maximum Gasteiger partial charge on any atom is 0.255 e. The number of likely N-dealkylation sites (tertiary alicyclic amines) is 2. The second kappa shape index (κ2) is 13.2. The average Bonchev–Trinajstić information content (AvgIpc) is 3.89. The van der Waals surface area contributed by atoms with Crippen LogP contribution in [-0.2, 0) is 11.3 Å². The summed E-state index contributed by atoms with van der Waals surface area (Å²) in [6.07, 6.45) is 11.3. The second-order valence-corrected chi connectivity index (χ2v) is 12.3. The van der Waals surface area contributed by atoms with E-state index in [9.17, 15) is 9.59 Å². The molecule has 5 heterocycles. The summed E-state index contributed by atoms with van der Waals surface area (Å²) in [6, 6.07) is 16.7. The summed E-state index contributed by atoms with van der Waals surface area (Å²) >= 11 is 0. The van der Waals surface area contributed by atoms with Crippen LogP contribution in [0, 0.1) is 0 Å². The molecule has 0 radical (unpaired) electrons. The molecule has 0 saturated carbocycles. The molecular formula is C36H39N9O2. The van der Waals surface area contributed by atoms with Crippen LogP contribution in [0.3, 0.4) is 0 Å². The number of hydrogen-bond acceptors (Lipinski definition) is 7. The topological polar surface area (TPSA) is 127 Å². The largest absolute Gasteiger partial charge is 0.383 e. The number of nitrogens with one attached hydrogen (secondary N) is 1. The summed E-state index contributed by atoms with van der Waals surface area (Å²) in [5, 5.41) is 13.6. The van der Waals surface area contributed by atoms with E-state index >= 15 is 0 Å². The van der Waals surface area contributed by atoms with Crippen LogP contribution >= 0.6 is 0 Å². The number of nitrogens with zero attached hydrogens (tertiary/aromatic N) is 7. The lowest BCUT2D eigenvalue weighted by atomic mass is 10.0. The molecule has 2 aliphatic heterocycles. The number of carbonyl (C=O) groups is 2. The molecule has 3 N–H and O–H groups in total. The van der Waals surface area contributed by atoms with Gasteiger partial charge < -0.3 is 20.9 Å². The van der Waals surface area contributed by atoms with Gasteiger partial charge in [-0.1, -0.05) is 36.9 Å². The highest BCUT2D eigenvalue weighted by Crippen LogP contribution is 2.40. The first-order valence-corrected chi connectivity index (χ1v) is 16.3. The number of nitrogen functional groups attached to an aromatic ring is 1. The highest BCUT2D eigenvalue weighted by atomic mass is 16.2. The minimum absolute atomic E-state index is 0.0782. The van der Waals surface area contributed by atoms with Crippen LogP contribution in [-0.4, -0.2) is 78.9 Å². The first kappa shape index (κ1) is 30.4. The number of aromatic nitrogens is 5. The van der Waals surface area contributed by atoms with Gasteiger partial charge >= 0.3 is 0 Å². The van der Waals surface area contributed by atoms with E-state index in [-0.39, 0.29) is 17.9 Å². The molecular weight excluding hydrogens is 590 g/mol. The highest BCUT2D eigenvalue weighted by molar-refractivity contribution is 6.08. The van der Waals surface area contributed by atoms with Gasteiger partial charge in [0.25, 0.3) is 5.91 Å². The zero-order valence-electron chi connectivity index (χ0n) is 26.4. The molecule has 2 saturated heterocycles. The van der Waals surface area contributed by atoms with Crippen molar-refractivity contribution < 1.29 is 9.59 Å². The minimum Gasteiger partial charge on any atom is -0.383 e. The van der Waals surface area contributed by atoms with Gasteiger partial charge in [-0.3, -0.25) is 19.0 Å². The monoisotopic (exact) mass is 629 g/mol. The van der Waals surface area contributed by atoms with E-state index in [1.165, 1.54) is 18.9 Å². The van der Waals surface area contributed by atoms with Crippen molar-refractivity contribution in [3.8, 4) is 22.4 Å². The second-order valence-electron chi connectivity index (χ2n) is 12.3. The molecule has 2 fully saturated rings. The first-order valence-electron chi connectivity index (χ1n) is 16.3. The molecule has 2 aliphatic rings. The van der Waals surface area contributed by atoms with Crippen LogP contribution in [0.15, 0.2) is 85.8 Å². The Kier molecular flexibility index (Phi) is 8.54. The number of nitrogens with two attached hydrogens (primary N) is 1. The predicted octanol–water partition coefficient (Wildman–Crippen LogP) is 5.24. The smallest absolute Gasteiger partial charge is 0.255 e. The zero-order chi connectivity index (χ0) is 32.3. The van der Waals surface area contributed by atoms with E-state index in [0.29, 0.717) is 30.2 Å². The fourth-order valence-corrected chi connectivity index (χ4v) is 6.74. The number of rotatable bonds is 9. The number of pyridine rings is 1. The van der Waals surface area contributed by atoms with Crippen LogP contribution in [0.1, 0.15) is 42.1 Å². The van der Waals surface area contributed by atoms with Crippen molar-refractivity contribution in [2.24, 2.45) is 0 Å². The lowest BCUT2D eigenvalue weighted by Gasteiger charge is -2.32. The molecule has 11 heteroatoms. The summed E-state index contributed by atoms with van der Waals surface area (Å²) in [7, 11) is 0. The van der Waals surface area contributed by atoms with Crippen molar-refractivity contribution in [3.63, 3.8) is 0 Å². The Morgan fingerprint density at radius 3 is 2.51 bits per heavy atom. The van der Waals surface area contributed by atoms with Crippen LogP contribution < -0.4 is 11.1 Å². The number of benzene rings is 2. The van der Waals surface area contributed by atoms with Gasteiger partial charge in [-0.15, -0.1) is 0 Å². The van der Waals surface area contributed by atoms with Crippen molar-refractivity contribution in [2.45, 2.75) is 38.3 Å². The third-order valence-corrected chi connectivity index (χ3v) is 9.22. The summed E-state index contributed by atoms with van der Waals surface area (Å²) in [5.74, 6) is 0.0844. The minimum atomic E-state index is -0.197. The van der Waals surface area contributed by atoms with Gasteiger partial charge in [0.05, 0.1) is 29.7 Å². The van der Waals surface area contributed by atoms with Gasteiger partial charge in [0.2, 0.25) is 5.91 Å². The molecule has 7 rings (SSSR count). The maximum atomic E-state index is 13.0. The molecule has 3 aromatic heterocycles. The molecule has 0 bridgehead atoms. The van der Waals surface area contributed by atoms with Gasteiger partial charge in [-0.25, -0.2) is 4.98 Å². The molecule has 0 spiro atoms. The van der Waals surface area contributed by atoms with E-state index < -0.39 is 0 Å². The summed E-state index contributed by atoms with van der Waals surface area (Å²) in [6.45, 7) is 8.95. The van der Waals surface area contributed by atoms with Crippen LogP contribution in [0.2, 0.25) is 0 Å². The average molecular weight is 630 g/mol. The van der Waals surface area contributed by atoms with Crippen molar-refractivity contribution in [1.82, 2.24) is 34.3 Å². The Morgan fingerprint density at radius 1 is 0.957 bits per heavy atom. The maximum absolute atomic E-state index is 13.0. The van der Waals surface area contributed by atoms with E-state index in [0.717, 1.165) is 72.3 Å². The number of fused-ring (bicyclic) bond motifs is 1. The van der Waals surface area contributed by atoms with E-state index in [2.05, 4.69) is 28.0 Å². The van der Waals surface area contributed by atoms with Crippen LogP contribution in [0.25, 0.3) is 33.3 Å². The van der Waals surface area contributed by atoms with Gasteiger partial charge in [0, 0.05) is 60.0 Å². The Balaban J connectivity index is 1.27. The highest BCUT2D eigenvalue weighted by Gasteiger charge is 2.29. The molecule has 11 nitrogen and oxygen atoms in total. The number of hydrogen-bond donors (Lipinski definition) is 2. The van der Waals surface area contributed by atoms with E-state index in [4.69, 9.17) is 15.9 Å². The van der Waals surface area contributed by atoms with Gasteiger partial charge in [0.1, 0.15) is 11.5 Å². The van der Waals surface area contributed by atoms with Gasteiger partial charge in [-0.2, -0.15) is 10.2 Å². The fraction of sp³-hybridized carbons (Fsp3) is 0.306. The molecule has 2 aromatic carbocycles. The fourth-order valence-electron chi connectivity index (χ4n) is 6.74. The molecule has 0 aliphatic carbocycles. The standard InChI is InChI=1S/C36H39N9O2/c1-2-31(46)43-18-8-11-29(24-43)45-34-30(27-21-39-44(23-27)20-19-42-16-6-7-17-42)22-38-35(37)32(34)33(41-45)25-12-14-26(15-13-25)36(47)40-28-9-4-3-5-10-28/h2-5,9-10,12-15,21-23,29H,1,6-8,11,16-20,24H2,(H2,37,38)(H,40,47)/t29-/m1/s1. The van der Waals surface area contributed by atoms with Crippen molar-refractivity contribution in [3.05, 3.63) is 91.4 Å². The Bertz CT molecular complexity index is 1910. The Morgan fingerprint density at radius 2 is 1.74 bits per heavy atom. The summed E-state index contributed by atoms with van der Waals surface area (Å²) < 4.78 is 4.01. The third kappa shape index (κ3) is 6.26. The molecule has 0 unspecified atom stereocenters. The summed E-state index contributed by atoms with van der Waals surface area (Å²) in [4.78, 5) is 34.5. The van der Waals surface area contributed by atoms with Gasteiger partial charge in [-0.05, 0) is 69.1 Å².